The molecule has 0 spiro atoms. The molecule has 5 heteroatoms. The number of rotatable bonds is 4. The van der Waals surface area contributed by atoms with Crippen LogP contribution >= 0.6 is 0 Å². The van der Waals surface area contributed by atoms with Crippen molar-refractivity contribution in [1.29, 1.82) is 0 Å². The van der Waals surface area contributed by atoms with Crippen LogP contribution in [0, 0.1) is 0 Å². The Kier molecular flexibility index (Phi) is 4.76. The number of para-hydroxylation sites is 2. The molecule has 1 saturated heterocycles. The SMILES string of the molecule is CN(C)c1ccccc1NC(=O)CC1CNCCO1. The van der Waals surface area contributed by atoms with Gasteiger partial charge in [-0.15, -0.1) is 0 Å². The summed E-state index contributed by atoms with van der Waals surface area (Å²) in [6, 6.07) is 7.77. The summed E-state index contributed by atoms with van der Waals surface area (Å²) >= 11 is 0. The molecule has 2 N–H and O–H groups in total. The van der Waals surface area contributed by atoms with E-state index >= 15 is 0 Å². The lowest BCUT2D eigenvalue weighted by Crippen LogP contribution is -2.40. The average molecular weight is 263 g/mol. The van der Waals surface area contributed by atoms with Gasteiger partial charge >= 0.3 is 0 Å². The molecule has 19 heavy (non-hydrogen) atoms. The van der Waals surface area contributed by atoms with Gasteiger partial charge in [0.25, 0.3) is 0 Å². The average Bonchev–Trinajstić information content (AvgIpc) is 2.40. The van der Waals surface area contributed by atoms with Crippen molar-refractivity contribution in [3.05, 3.63) is 24.3 Å². The second kappa shape index (κ2) is 6.54. The van der Waals surface area contributed by atoms with Gasteiger partial charge in [-0.1, -0.05) is 12.1 Å². The van der Waals surface area contributed by atoms with E-state index in [-0.39, 0.29) is 12.0 Å². The van der Waals surface area contributed by atoms with E-state index in [1.165, 1.54) is 0 Å². The summed E-state index contributed by atoms with van der Waals surface area (Å²) in [6.07, 6.45) is 0.356. The lowest BCUT2D eigenvalue weighted by Gasteiger charge is -2.23. The zero-order chi connectivity index (χ0) is 13.7. The number of ether oxygens (including phenoxy) is 1. The maximum absolute atomic E-state index is 12.0. The molecule has 0 radical (unpaired) electrons. The minimum atomic E-state index is -0.0275. The number of carbonyl (C=O) groups excluding carboxylic acids is 1. The summed E-state index contributed by atoms with van der Waals surface area (Å²) < 4.78 is 5.53. The standard InChI is InChI=1S/C14H21N3O2/c1-17(2)13-6-4-3-5-12(13)16-14(18)9-11-10-15-7-8-19-11/h3-6,11,15H,7-10H2,1-2H3,(H,16,18). The van der Waals surface area contributed by atoms with Crippen molar-refractivity contribution < 1.29 is 9.53 Å². The molecular weight excluding hydrogens is 242 g/mol. The van der Waals surface area contributed by atoms with E-state index in [4.69, 9.17) is 4.74 Å². The summed E-state index contributed by atoms with van der Waals surface area (Å²) in [7, 11) is 3.91. The Labute approximate surface area is 113 Å². The zero-order valence-corrected chi connectivity index (χ0v) is 11.5. The molecule has 1 aliphatic rings. The molecule has 1 aliphatic heterocycles. The van der Waals surface area contributed by atoms with Crippen LogP contribution in [0.3, 0.4) is 0 Å². The Morgan fingerprint density at radius 2 is 2.26 bits per heavy atom. The van der Waals surface area contributed by atoms with Gasteiger partial charge in [-0.25, -0.2) is 0 Å². The highest BCUT2D eigenvalue weighted by Crippen LogP contribution is 2.23. The largest absolute Gasteiger partial charge is 0.376 e. The van der Waals surface area contributed by atoms with Gasteiger partial charge in [0, 0.05) is 27.2 Å². The zero-order valence-electron chi connectivity index (χ0n) is 11.5. The molecule has 1 aromatic carbocycles. The second-order valence-corrected chi connectivity index (χ2v) is 4.86. The van der Waals surface area contributed by atoms with Gasteiger partial charge in [-0.2, -0.15) is 0 Å². The van der Waals surface area contributed by atoms with Gasteiger partial charge < -0.3 is 20.3 Å². The van der Waals surface area contributed by atoms with Crippen LogP contribution in [0.25, 0.3) is 0 Å². The highest BCUT2D eigenvalue weighted by atomic mass is 16.5. The number of carbonyl (C=O) groups is 1. The molecule has 1 unspecified atom stereocenters. The van der Waals surface area contributed by atoms with E-state index in [2.05, 4.69) is 10.6 Å². The third-order valence-electron chi connectivity index (χ3n) is 3.08. The number of nitrogens with one attached hydrogen (secondary N) is 2. The Morgan fingerprint density at radius 3 is 2.95 bits per heavy atom. The number of benzene rings is 1. The molecule has 104 valence electrons. The van der Waals surface area contributed by atoms with Crippen molar-refractivity contribution in [2.24, 2.45) is 0 Å². The fraction of sp³-hybridized carbons (Fsp3) is 0.500. The van der Waals surface area contributed by atoms with Crippen molar-refractivity contribution in [1.82, 2.24) is 5.32 Å². The first-order valence-electron chi connectivity index (χ1n) is 6.55. The first-order chi connectivity index (χ1) is 9.16. The van der Waals surface area contributed by atoms with Crippen LogP contribution in [0.5, 0.6) is 0 Å². The number of hydrogen-bond donors (Lipinski definition) is 2. The molecule has 0 aliphatic carbocycles. The van der Waals surface area contributed by atoms with Gasteiger partial charge in [0.1, 0.15) is 0 Å². The van der Waals surface area contributed by atoms with Gasteiger partial charge in [-0.3, -0.25) is 4.79 Å². The summed E-state index contributed by atoms with van der Waals surface area (Å²) in [4.78, 5) is 14.0. The maximum Gasteiger partial charge on any atom is 0.227 e. The smallest absolute Gasteiger partial charge is 0.227 e. The first kappa shape index (κ1) is 13.8. The number of anilines is 2. The Hall–Kier alpha value is -1.59. The van der Waals surface area contributed by atoms with Gasteiger partial charge in [-0.05, 0) is 12.1 Å². The van der Waals surface area contributed by atoms with Crippen LogP contribution in [0.1, 0.15) is 6.42 Å². The van der Waals surface area contributed by atoms with Crippen LogP contribution < -0.4 is 15.5 Å². The molecule has 0 saturated carbocycles. The predicted molar refractivity (Wildman–Crippen MR) is 76.6 cm³/mol. The van der Waals surface area contributed by atoms with E-state index in [1.54, 1.807) is 0 Å². The van der Waals surface area contributed by atoms with E-state index in [0.717, 1.165) is 24.5 Å². The summed E-state index contributed by atoms with van der Waals surface area (Å²) in [5.74, 6) is -0.0111. The Balaban J connectivity index is 1.94. The molecule has 0 bridgehead atoms. The Morgan fingerprint density at radius 1 is 1.47 bits per heavy atom. The molecule has 1 amide bonds. The third-order valence-corrected chi connectivity index (χ3v) is 3.08. The van der Waals surface area contributed by atoms with Crippen LogP contribution in [0.2, 0.25) is 0 Å². The van der Waals surface area contributed by atoms with Gasteiger partial charge in [0.2, 0.25) is 5.91 Å². The number of hydrogen-bond acceptors (Lipinski definition) is 4. The highest BCUT2D eigenvalue weighted by molar-refractivity contribution is 5.94. The third kappa shape index (κ3) is 3.94. The predicted octanol–water partition coefficient (Wildman–Crippen LogP) is 1.07. The quantitative estimate of drug-likeness (QED) is 0.853. The van der Waals surface area contributed by atoms with Gasteiger partial charge in [0.05, 0.1) is 30.5 Å². The monoisotopic (exact) mass is 263 g/mol. The molecule has 1 fully saturated rings. The van der Waals surface area contributed by atoms with Gasteiger partial charge in [0.15, 0.2) is 0 Å². The van der Waals surface area contributed by atoms with E-state index in [9.17, 15) is 4.79 Å². The fourth-order valence-corrected chi connectivity index (χ4v) is 2.13. The van der Waals surface area contributed by atoms with Crippen molar-refractivity contribution >= 4 is 17.3 Å². The topological polar surface area (TPSA) is 53.6 Å². The molecule has 1 heterocycles. The first-order valence-corrected chi connectivity index (χ1v) is 6.55. The fourth-order valence-electron chi connectivity index (χ4n) is 2.13. The Bertz CT molecular complexity index is 428. The number of amides is 1. The van der Waals surface area contributed by atoms with E-state index in [1.807, 2.05) is 43.3 Å². The minimum Gasteiger partial charge on any atom is -0.376 e. The van der Waals surface area contributed by atoms with Crippen LogP contribution in [-0.4, -0.2) is 45.8 Å². The molecule has 0 aromatic heterocycles. The molecule has 5 nitrogen and oxygen atoms in total. The van der Waals surface area contributed by atoms with Crippen LogP contribution in [0.4, 0.5) is 11.4 Å². The van der Waals surface area contributed by atoms with Crippen molar-refractivity contribution in [3.63, 3.8) is 0 Å². The molecular formula is C14H21N3O2. The van der Waals surface area contributed by atoms with E-state index < -0.39 is 0 Å². The van der Waals surface area contributed by atoms with Crippen LogP contribution in [0.15, 0.2) is 24.3 Å². The molecule has 1 aromatic rings. The molecule has 1 atom stereocenters. The summed E-state index contributed by atoms with van der Waals surface area (Å²) in [5, 5.41) is 6.17. The lowest BCUT2D eigenvalue weighted by atomic mass is 10.2. The highest BCUT2D eigenvalue weighted by Gasteiger charge is 2.18. The molecule has 2 rings (SSSR count). The van der Waals surface area contributed by atoms with E-state index in [0.29, 0.717) is 13.0 Å². The minimum absolute atomic E-state index is 0.0111. The van der Waals surface area contributed by atoms with Crippen molar-refractivity contribution in [3.8, 4) is 0 Å². The summed E-state index contributed by atoms with van der Waals surface area (Å²) in [6.45, 7) is 2.27. The maximum atomic E-state index is 12.0. The van der Waals surface area contributed by atoms with Crippen LogP contribution in [-0.2, 0) is 9.53 Å². The summed E-state index contributed by atoms with van der Waals surface area (Å²) in [5.41, 5.74) is 1.83. The second-order valence-electron chi connectivity index (χ2n) is 4.86. The lowest BCUT2D eigenvalue weighted by molar-refractivity contribution is -0.119. The normalized spacial score (nSPS) is 18.9. The number of morpholine rings is 1. The number of nitrogens with zero attached hydrogens (tertiary/aromatic N) is 1. The van der Waals surface area contributed by atoms with Crippen molar-refractivity contribution in [2.45, 2.75) is 12.5 Å². The van der Waals surface area contributed by atoms with Crippen molar-refractivity contribution in [2.75, 3.05) is 44.0 Å².